The monoisotopic (exact) mass is 520 g/mol. The number of hydrogen-bond donors (Lipinski definition) is 1. The number of pyridine rings is 1. The van der Waals surface area contributed by atoms with Gasteiger partial charge in [-0.1, -0.05) is 30.3 Å². The number of alkyl halides is 3. The number of benzene rings is 2. The fourth-order valence-corrected chi connectivity index (χ4v) is 5.40. The summed E-state index contributed by atoms with van der Waals surface area (Å²) in [5.41, 5.74) is -1.03. The van der Waals surface area contributed by atoms with E-state index in [2.05, 4.69) is 14.1 Å². The van der Waals surface area contributed by atoms with Gasteiger partial charge in [0.1, 0.15) is 0 Å². The third-order valence-electron chi connectivity index (χ3n) is 5.51. The number of hydrogen-bond acceptors (Lipinski definition) is 6. The molecule has 0 radical (unpaired) electrons. The van der Waals surface area contributed by atoms with Crippen molar-refractivity contribution in [1.82, 2.24) is 14.3 Å². The minimum absolute atomic E-state index is 0.222. The zero-order chi connectivity index (χ0) is 25.4. The Labute approximate surface area is 203 Å². The molecule has 0 saturated heterocycles. The predicted molar refractivity (Wildman–Crippen MR) is 127 cm³/mol. The maximum absolute atomic E-state index is 13.4. The molecule has 2 aromatic heterocycles. The van der Waals surface area contributed by atoms with Gasteiger partial charge in [-0.15, -0.1) is 0 Å². The minimum Gasteiger partial charge on any atom is -0.335 e. The summed E-state index contributed by atoms with van der Waals surface area (Å²) in [6, 6.07) is 12.5. The van der Waals surface area contributed by atoms with Crippen molar-refractivity contribution in [1.29, 1.82) is 0 Å². The van der Waals surface area contributed by atoms with E-state index in [1.807, 2.05) is 18.2 Å². The Morgan fingerprint density at radius 3 is 2.51 bits per heavy atom. The van der Waals surface area contributed by atoms with Crippen molar-refractivity contribution < 1.29 is 26.4 Å². The molecular formula is C23H19F3N4O3S2. The summed E-state index contributed by atoms with van der Waals surface area (Å²) in [7, 11) is -2.96. The Hall–Kier alpha value is -3.51. The fraction of sp³-hybridized carbons (Fsp3) is 0.174. The zero-order valence-electron chi connectivity index (χ0n) is 18.4. The number of nitrogens with zero attached hydrogens (tertiary/aromatic N) is 3. The third-order valence-corrected chi connectivity index (χ3v) is 7.59. The van der Waals surface area contributed by atoms with E-state index in [9.17, 15) is 26.4 Å². The number of anilines is 1. The van der Waals surface area contributed by atoms with Crippen LogP contribution in [0.25, 0.3) is 10.1 Å². The van der Waals surface area contributed by atoms with Gasteiger partial charge in [-0.3, -0.25) is 9.52 Å². The molecule has 2 heterocycles. The van der Waals surface area contributed by atoms with Crippen LogP contribution in [0.5, 0.6) is 0 Å². The summed E-state index contributed by atoms with van der Waals surface area (Å²) in [4.78, 5) is 18.5. The number of rotatable bonds is 6. The highest BCUT2D eigenvalue weighted by molar-refractivity contribution is 7.92. The quantitative estimate of drug-likeness (QED) is 0.370. The molecule has 1 amide bonds. The van der Waals surface area contributed by atoms with Crippen LogP contribution in [0.3, 0.4) is 0 Å². The van der Waals surface area contributed by atoms with Gasteiger partial charge in [-0.2, -0.15) is 26.0 Å². The minimum atomic E-state index is -4.75. The maximum Gasteiger partial charge on any atom is 0.416 e. The molecule has 2 aromatic carbocycles. The normalized spacial score (nSPS) is 12.9. The number of aromatic nitrogens is 2. The molecule has 4 rings (SSSR count). The van der Waals surface area contributed by atoms with Crippen molar-refractivity contribution in [3.8, 4) is 0 Å². The molecule has 1 N–H and O–H groups in total. The molecule has 7 nitrogen and oxygen atoms in total. The first-order chi connectivity index (χ1) is 16.5. The van der Waals surface area contributed by atoms with E-state index in [1.165, 1.54) is 24.3 Å². The SMILES string of the molecule is C[C@H](c1ccccc1)N(C)C(=O)c1ccc(C(F)(F)F)cc1NS(=O)(=O)c1nccc2sncc12. The largest absolute Gasteiger partial charge is 0.416 e. The average molecular weight is 521 g/mol. The van der Waals surface area contributed by atoms with Crippen LogP contribution >= 0.6 is 11.5 Å². The van der Waals surface area contributed by atoms with Crippen LogP contribution in [0.1, 0.15) is 34.5 Å². The van der Waals surface area contributed by atoms with E-state index in [0.29, 0.717) is 10.8 Å². The molecule has 0 aliphatic heterocycles. The van der Waals surface area contributed by atoms with E-state index in [-0.39, 0.29) is 10.9 Å². The van der Waals surface area contributed by atoms with Gasteiger partial charge >= 0.3 is 6.18 Å². The molecule has 0 fully saturated rings. The highest BCUT2D eigenvalue weighted by atomic mass is 32.2. The molecular weight excluding hydrogens is 501 g/mol. The van der Waals surface area contributed by atoms with Crippen LogP contribution in [-0.4, -0.2) is 35.6 Å². The van der Waals surface area contributed by atoms with Gasteiger partial charge in [0.15, 0.2) is 5.03 Å². The predicted octanol–water partition coefficient (Wildman–Crippen LogP) is 5.34. The van der Waals surface area contributed by atoms with E-state index in [4.69, 9.17) is 0 Å². The van der Waals surface area contributed by atoms with Crippen molar-refractivity contribution in [3.05, 3.63) is 83.7 Å². The molecule has 0 saturated carbocycles. The van der Waals surface area contributed by atoms with Crippen LogP contribution in [0.15, 0.2) is 72.0 Å². The van der Waals surface area contributed by atoms with Crippen LogP contribution in [0.2, 0.25) is 0 Å². The summed E-state index contributed by atoms with van der Waals surface area (Å²) in [5, 5.41) is -0.176. The Bertz CT molecular complexity index is 1490. The molecule has 4 aromatic rings. The lowest BCUT2D eigenvalue weighted by Gasteiger charge is -2.26. The first-order valence-corrected chi connectivity index (χ1v) is 12.5. The van der Waals surface area contributed by atoms with Gasteiger partial charge in [0.2, 0.25) is 0 Å². The highest BCUT2D eigenvalue weighted by Crippen LogP contribution is 2.34. The fourth-order valence-electron chi connectivity index (χ4n) is 3.49. The van der Waals surface area contributed by atoms with Crippen molar-refractivity contribution >= 4 is 43.2 Å². The van der Waals surface area contributed by atoms with Crippen LogP contribution < -0.4 is 4.72 Å². The van der Waals surface area contributed by atoms with Gasteiger partial charge in [0, 0.05) is 13.2 Å². The molecule has 1 atom stereocenters. The topological polar surface area (TPSA) is 92.3 Å². The lowest BCUT2D eigenvalue weighted by atomic mass is 10.0. The Balaban J connectivity index is 1.76. The molecule has 35 heavy (non-hydrogen) atoms. The molecule has 0 spiro atoms. The number of halogens is 3. The van der Waals surface area contributed by atoms with E-state index in [1.54, 1.807) is 25.1 Å². The summed E-state index contributed by atoms with van der Waals surface area (Å²) in [6.07, 6.45) is -2.17. The number of sulfonamides is 1. The zero-order valence-corrected chi connectivity index (χ0v) is 20.1. The smallest absolute Gasteiger partial charge is 0.335 e. The Morgan fingerprint density at radius 2 is 1.83 bits per heavy atom. The summed E-state index contributed by atoms with van der Waals surface area (Å²) >= 11 is 1.05. The van der Waals surface area contributed by atoms with E-state index in [0.717, 1.165) is 29.2 Å². The van der Waals surface area contributed by atoms with Gasteiger partial charge in [-0.05, 0) is 48.3 Å². The van der Waals surface area contributed by atoms with Crippen molar-refractivity contribution in [2.75, 3.05) is 11.8 Å². The van der Waals surface area contributed by atoms with Crippen molar-refractivity contribution in [3.63, 3.8) is 0 Å². The van der Waals surface area contributed by atoms with Crippen LogP contribution in [-0.2, 0) is 16.2 Å². The van der Waals surface area contributed by atoms with Gasteiger partial charge < -0.3 is 4.90 Å². The van der Waals surface area contributed by atoms with Gasteiger partial charge in [-0.25, -0.2) is 4.98 Å². The second-order valence-electron chi connectivity index (χ2n) is 7.72. The lowest BCUT2D eigenvalue weighted by molar-refractivity contribution is -0.137. The van der Waals surface area contributed by atoms with Crippen molar-refractivity contribution in [2.24, 2.45) is 0 Å². The summed E-state index contributed by atoms with van der Waals surface area (Å²) in [5.74, 6) is -0.656. The lowest BCUT2D eigenvalue weighted by Crippen LogP contribution is -2.31. The summed E-state index contributed by atoms with van der Waals surface area (Å²) < 4.78 is 73.3. The average Bonchev–Trinajstić information content (AvgIpc) is 3.31. The van der Waals surface area contributed by atoms with E-state index >= 15 is 0 Å². The Kier molecular flexibility index (Phi) is 6.52. The van der Waals surface area contributed by atoms with Crippen LogP contribution in [0.4, 0.5) is 18.9 Å². The molecule has 0 aliphatic carbocycles. The van der Waals surface area contributed by atoms with Gasteiger partial charge in [0.05, 0.1) is 39.1 Å². The second-order valence-corrected chi connectivity index (χ2v) is 10.2. The molecule has 0 unspecified atom stereocenters. The molecule has 12 heteroatoms. The first-order valence-electron chi connectivity index (χ1n) is 10.2. The second kappa shape index (κ2) is 9.27. The Morgan fingerprint density at radius 1 is 1.11 bits per heavy atom. The number of carbonyl (C=O) groups is 1. The molecule has 182 valence electrons. The maximum atomic E-state index is 13.4. The standard InChI is InChI=1S/C23H19F3N4O3S2/c1-14(15-6-4-3-5-7-15)30(2)22(31)17-9-8-16(23(24,25)26)12-19(17)29-35(32,33)21-18-13-28-34-20(18)10-11-27-21/h3-14,29H,1-2H3/t14-/m1/s1. The summed E-state index contributed by atoms with van der Waals surface area (Å²) in [6.45, 7) is 1.76. The number of amides is 1. The van der Waals surface area contributed by atoms with Crippen LogP contribution in [0, 0.1) is 0 Å². The third kappa shape index (κ3) is 4.98. The highest BCUT2D eigenvalue weighted by Gasteiger charge is 2.33. The van der Waals surface area contributed by atoms with Gasteiger partial charge in [0.25, 0.3) is 15.9 Å². The number of fused-ring (bicyclic) bond motifs is 1. The molecule has 0 aliphatic rings. The number of carbonyl (C=O) groups excluding carboxylic acids is 1. The van der Waals surface area contributed by atoms with E-state index < -0.39 is 44.4 Å². The molecule has 0 bridgehead atoms. The number of nitrogens with one attached hydrogen (secondary N) is 1. The van der Waals surface area contributed by atoms with Crippen molar-refractivity contribution in [2.45, 2.75) is 24.2 Å². The first kappa shape index (κ1) is 24.6.